The SMILES string of the molecule is [Sm].[Sm].[Ti+2].[V+2]. The second-order valence-electron chi connectivity index (χ2n) is 0. The molecule has 0 N–H and O–H groups in total. The molecule has 0 fully saturated rings. The molecule has 0 spiro atoms. The first-order valence-electron chi connectivity index (χ1n) is 0. The Bertz CT molecular complexity index is 6.00. The molecule has 4 heavy (non-hydrogen) atoms. The van der Waals surface area contributed by atoms with E-state index in [0.717, 1.165) is 0 Å². The monoisotopic (exact) mass is 403 g/mol. The van der Waals surface area contributed by atoms with E-state index >= 15 is 0 Å². The Morgan fingerprint density at radius 1 is 0.750 bits per heavy atom. The molecular formula is Sm2TiV+4. The zero-order valence-corrected chi connectivity index (χ0v) is 9.96. The molecule has 0 aliphatic carbocycles. The van der Waals surface area contributed by atoms with Crippen LogP contribution in [0.2, 0.25) is 0 Å². The van der Waals surface area contributed by atoms with E-state index in [4.69, 9.17) is 0 Å². The van der Waals surface area contributed by atoms with Crippen molar-refractivity contribution in [3.8, 4) is 0 Å². The molecule has 0 aliphatic rings. The van der Waals surface area contributed by atoms with Gasteiger partial charge >= 0.3 is 40.3 Å². The first-order chi connectivity index (χ1) is 0. The number of hydrogen-bond acceptors (Lipinski definition) is 0. The molecule has 4 heteroatoms. The standard InChI is InChI=1S/2Sm.Ti.V/q;;2*+2. The van der Waals surface area contributed by atoms with Gasteiger partial charge in [0, 0.05) is 80.8 Å². The minimum absolute atomic E-state index is 0. The van der Waals surface area contributed by atoms with Gasteiger partial charge in [0.05, 0.1) is 0 Å². The normalized spacial score (nSPS) is 0. The Balaban J connectivity index is 0. The molecule has 0 heterocycles. The smallest absolute Gasteiger partial charge is 0 e. The van der Waals surface area contributed by atoms with E-state index in [2.05, 4.69) is 0 Å². The van der Waals surface area contributed by atoms with E-state index in [1.165, 1.54) is 0 Å². The van der Waals surface area contributed by atoms with Gasteiger partial charge in [-0.15, -0.1) is 0 Å². The summed E-state index contributed by atoms with van der Waals surface area (Å²) in [5.41, 5.74) is 0. The predicted octanol–water partition coefficient (Wildman–Crippen LogP) is -0.00500. The van der Waals surface area contributed by atoms with Gasteiger partial charge in [0.25, 0.3) is 0 Å². The van der Waals surface area contributed by atoms with Gasteiger partial charge in [-0.2, -0.15) is 0 Å². The van der Waals surface area contributed by atoms with Crippen molar-refractivity contribution in [3.05, 3.63) is 0 Å². The zero-order valence-electron chi connectivity index (χ0n) is 1.76. The summed E-state index contributed by atoms with van der Waals surface area (Å²) in [4.78, 5) is 0. The van der Waals surface area contributed by atoms with Crippen molar-refractivity contribution in [2.75, 3.05) is 0 Å². The van der Waals surface area contributed by atoms with Gasteiger partial charge in [-0.3, -0.25) is 0 Å². The minimum Gasteiger partial charge on any atom is 0 e. The molecule has 0 amide bonds. The Morgan fingerprint density at radius 2 is 0.750 bits per heavy atom. The summed E-state index contributed by atoms with van der Waals surface area (Å²) in [6, 6.07) is 0. The van der Waals surface area contributed by atoms with Crippen molar-refractivity contribution < 1.29 is 121 Å². The van der Waals surface area contributed by atoms with Crippen molar-refractivity contribution >= 4 is 0 Å². The molecule has 0 bridgehead atoms. The van der Waals surface area contributed by atoms with Crippen LogP contribution in [0.1, 0.15) is 0 Å². The van der Waals surface area contributed by atoms with E-state index in [1.54, 1.807) is 0 Å². The predicted molar refractivity (Wildman–Crippen MR) is 0 cm³/mol. The van der Waals surface area contributed by atoms with Crippen molar-refractivity contribution in [1.29, 1.82) is 0 Å². The van der Waals surface area contributed by atoms with Crippen molar-refractivity contribution in [2.24, 2.45) is 0 Å². The van der Waals surface area contributed by atoms with Gasteiger partial charge in [0.15, 0.2) is 0 Å². The Kier molecular flexibility index (Phi) is 96.8. The molecule has 0 aromatic heterocycles. The molecule has 0 saturated carbocycles. The average Bonchev–Trinajstić information content (AvgIpc) is 0. The summed E-state index contributed by atoms with van der Waals surface area (Å²) in [6.07, 6.45) is 0. The fourth-order valence-electron chi connectivity index (χ4n) is 0. The molecule has 17 valence electrons. The summed E-state index contributed by atoms with van der Waals surface area (Å²) >= 11 is 0. The molecule has 0 atom stereocenters. The maximum absolute atomic E-state index is 0. The van der Waals surface area contributed by atoms with Crippen LogP contribution in [0.3, 0.4) is 0 Å². The number of rotatable bonds is 0. The van der Waals surface area contributed by atoms with Gasteiger partial charge in [-0.1, -0.05) is 0 Å². The van der Waals surface area contributed by atoms with E-state index in [9.17, 15) is 0 Å². The number of hydrogen-bond donors (Lipinski definition) is 0. The topological polar surface area (TPSA) is 0 Å². The maximum atomic E-state index is 0. The quantitative estimate of drug-likeness (QED) is 0.503. The maximum Gasteiger partial charge on any atom is 2.00 e. The largest absolute Gasteiger partial charge is 2.00 e. The second-order valence-corrected chi connectivity index (χ2v) is 0. The van der Waals surface area contributed by atoms with E-state index < -0.39 is 0 Å². The van der Waals surface area contributed by atoms with Crippen LogP contribution >= 0.6 is 0 Å². The third-order valence-corrected chi connectivity index (χ3v) is 0. The van der Waals surface area contributed by atoms with Crippen LogP contribution in [0.4, 0.5) is 0 Å². The van der Waals surface area contributed by atoms with Gasteiger partial charge in [0.1, 0.15) is 0 Å². The third kappa shape index (κ3) is 9.36. The van der Waals surface area contributed by atoms with E-state index in [-0.39, 0.29) is 121 Å². The van der Waals surface area contributed by atoms with Crippen molar-refractivity contribution in [3.63, 3.8) is 0 Å². The van der Waals surface area contributed by atoms with Crippen LogP contribution in [-0.4, -0.2) is 0 Å². The van der Waals surface area contributed by atoms with Gasteiger partial charge < -0.3 is 0 Å². The molecule has 0 aliphatic heterocycles. The van der Waals surface area contributed by atoms with E-state index in [0.29, 0.717) is 0 Å². The van der Waals surface area contributed by atoms with Crippen molar-refractivity contribution in [2.45, 2.75) is 0 Å². The fourth-order valence-corrected chi connectivity index (χ4v) is 0. The first kappa shape index (κ1) is 24.6. The molecular weight excluding hydrogens is 400 g/mol. The van der Waals surface area contributed by atoms with E-state index in [1.807, 2.05) is 0 Å². The summed E-state index contributed by atoms with van der Waals surface area (Å²) in [5, 5.41) is 0. The molecule has 0 rings (SSSR count). The summed E-state index contributed by atoms with van der Waals surface area (Å²) < 4.78 is 0. The van der Waals surface area contributed by atoms with Crippen LogP contribution in [-0.2, 0) is 40.3 Å². The second kappa shape index (κ2) is 15.8. The van der Waals surface area contributed by atoms with Crippen LogP contribution in [0.5, 0.6) is 0 Å². The molecule has 0 aromatic carbocycles. The first-order valence-corrected chi connectivity index (χ1v) is 0. The average molecular weight is 400 g/mol. The van der Waals surface area contributed by atoms with Crippen LogP contribution < -0.4 is 0 Å². The van der Waals surface area contributed by atoms with Crippen LogP contribution in [0.25, 0.3) is 0 Å². The van der Waals surface area contributed by atoms with Crippen LogP contribution in [0.15, 0.2) is 0 Å². The van der Waals surface area contributed by atoms with Gasteiger partial charge in [0.2, 0.25) is 0 Å². The van der Waals surface area contributed by atoms with Crippen molar-refractivity contribution in [1.82, 2.24) is 0 Å². The third-order valence-electron chi connectivity index (χ3n) is 0. The Morgan fingerprint density at radius 3 is 0.750 bits per heavy atom. The molecule has 0 nitrogen and oxygen atoms in total. The fraction of sp³-hybridized carbons (Fsp3) is 0. The summed E-state index contributed by atoms with van der Waals surface area (Å²) in [7, 11) is 0. The Labute approximate surface area is 118 Å². The van der Waals surface area contributed by atoms with Gasteiger partial charge in [-0.25, -0.2) is 0 Å². The summed E-state index contributed by atoms with van der Waals surface area (Å²) in [6.45, 7) is 0. The minimum atomic E-state index is 0. The Hall–Kier alpha value is 3.97. The molecule has 1 radical (unpaired) electrons. The molecule has 0 unspecified atom stereocenters. The summed E-state index contributed by atoms with van der Waals surface area (Å²) in [5.74, 6) is 0. The zero-order chi connectivity index (χ0) is 0. The molecule has 0 saturated heterocycles. The van der Waals surface area contributed by atoms with Crippen LogP contribution in [0, 0.1) is 80.8 Å². The van der Waals surface area contributed by atoms with Gasteiger partial charge in [-0.05, 0) is 0 Å². The molecule has 0 aromatic rings.